The van der Waals surface area contributed by atoms with Crippen molar-refractivity contribution < 1.29 is 13.2 Å². The zero-order valence-corrected chi connectivity index (χ0v) is 20.7. The third-order valence-corrected chi connectivity index (χ3v) is 6.88. The van der Waals surface area contributed by atoms with Gasteiger partial charge in [-0.15, -0.1) is 0 Å². The number of amides is 1. The minimum absolute atomic E-state index is 0.145. The maximum absolute atomic E-state index is 12.4. The predicted molar refractivity (Wildman–Crippen MR) is 135 cm³/mol. The average molecular weight is 504 g/mol. The fraction of sp³-hybridized carbons (Fsp3) is 0.167. The number of carbonyl (C=O) groups excluding carboxylic acids is 1. The van der Waals surface area contributed by atoms with Crippen LogP contribution < -0.4 is 9.73 Å². The number of rotatable bonds is 7. The van der Waals surface area contributed by atoms with Crippen molar-refractivity contribution in [1.29, 1.82) is 0 Å². The molecule has 0 spiro atoms. The lowest BCUT2D eigenvalue weighted by Gasteiger charge is -2.23. The molecule has 0 saturated heterocycles. The summed E-state index contributed by atoms with van der Waals surface area (Å²) in [5.41, 5.74) is 6.73. The quantitative estimate of drug-likeness (QED) is 0.349. The number of sulfonamides is 1. The normalized spacial score (nSPS) is 11.5. The molecule has 3 rings (SSSR count). The summed E-state index contributed by atoms with van der Waals surface area (Å²) >= 11 is 12.2. The SMILES string of the molecule is Cc1ccc(N(Cc2ccc(C(=O)N/N=C\c3c(Cl)cccc3Cl)cc2)S(C)(=O)=O)cc1C. The second-order valence-corrected chi connectivity index (χ2v) is 10.3. The van der Waals surface area contributed by atoms with Gasteiger partial charge >= 0.3 is 0 Å². The number of anilines is 1. The van der Waals surface area contributed by atoms with Gasteiger partial charge in [-0.25, -0.2) is 13.8 Å². The molecule has 3 aromatic carbocycles. The highest BCUT2D eigenvalue weighted by Gasteiger charge is 2.18. The number of aryl methyl sites for hydroxylation is 2. The van der Waals surface area contributed by atoms with E-state index in [0.29, 0.717) is 26.9 Å². The van der Waals surface area contributed by atoms with Crippen LogP contribution in [0.2, 0.25) is 10.0 Å². The van der Waals surface area contributed by atoms with Gasteiger partial charge in [-0.2, -0.15) is 5.10 Å². The fourth-order valence-electron chi connectivity index (χ4n) is 3.06. The Balaban J connectivity index is 1.72. The Kier molecular flexibility index (Phi) is 7.79. The van der Waals surface area contributed by atoms with E-state index in [-0.39, 0.29) is 6.54 Å². The van der Waals surface area contributed by atoms with Crippen molar-refractivity contribution >= 4 is 51.0 Å². The monoisotopic (exact) mass is 503 g/mol. The molecule has 6 nitrogen and oxygen atoms in total. The highest BCUT2D eigenvalue weighted by molar-refractivity contribution is 7.92. The zero-order valence-electron chi connectivity index (χ0n) is 18.3. The number of nitrogens with zero attached hydrogens (tertiary/aromatic N) is 2. The number of hydrazone groups is 1. The molecule has 0 unspecified atom stereocenters. The van der Waals surface area contributed by atoms with Crippen molar-refractivity contribution in [3.63, 3.8) is 0 Å². The van der Waals surface area contributed by atoms with Crippen LogP contribution in [0.3, 0.4) is 0 Å². The number of carbonyl (C=O) groups is 1. The summed E-state index contributed by atoms with van der Waals surface area (Å²) in [4.78, 5) is 12.4. The number of nitrogens with one attached hydrogen (secondary N) is 1. The first-order valence-electron chi connectivity index (χ1n) is 9.97. The average Bonchev–Trinajstić information content (AvgIpc) is 2.75. The van der Waals surface area contributed by atoms with Crippen LogP contribution in [-0.2, 0) is 16.6 Å². The molecule has 0 radical (unpaired) electrons. The molecule has 0 aromatic heterocycles. The van der Waals surface area contributed by atoms with Crippen molar-refractivity contribution in [3.8, 4) is 0 Å². The molecular formula is C24H23Cl2N3O3S. The van der Waals surface area contributed by atoms with E-state index >= 15 is 0 Å². The van der Waals surface area contributed by atoms with Crippen LogP contribution in [0.5, 0.6) is 0 Å². The summed E-state index contributed by atoms with van der Waals surface area (Å²) in [6.45, 7) is 4.06. The standard InChI is InChI=1S/C24H23Cl2N3O3S/c1-16-7-12-20(13-17(16)2)29(33(3,31)32)15-18-8-10-19(11-9-18)24(30)28-27-14-21-22(25)5-4-6-23(21)26/h4-14H,15H2,1-3H3,(H,28,30)/b27-14-. The molecule has 0 heterocycles. The molecule has 0 saturated carbocycles. The Morgan fingerprint density at radius 3 is 2.21 bits per heavy atom. The summed E-state index contributed by atoms with van der Waals surface area (Å²) in [7, 11) is -3.50. The van der Waals surface area contributed by atoms with Crippen LogP contribution in [-0.4, -0.2) is 26.8 Å². The first-order valence-corrected chi connectivity index (χ1v) is 12.6. The molecule has 0 aliphatic heterocycles. The van der Waals surface area contributed by atoms with E-state index in [1.807, 2.05) is 26.0 Å². The van der Waals surface area contributed by atoms with Crippen molar-refractivity contribution in [2.24, 2.45) is 5.10 Å². The number of halogens is 2. The van der Waals surface area contributed by atoms with Gasteiger partial charge in [0, 0.05) is 11.1 Å². The van der Waals surface area contributed by atoms with Crippen molar-refractivity contribution in [2.75, 3.05) is 10.6 Å². The van der Waals surface area contributed by atoms with Crippen LogP contribution in [0.15, 0.2) is 65.8 Å². The molecule has 9 heteroatoms. The van der Waals surface area contributed by atoms with Crippen LogP contribution >= 0.6 is 23.2 Å². The maximum atomic E-state index is 12.4. The van der Waals surface area contributed by atoms with Crippen LogP contribution in [0.25, 0.3) is 0 Å². The zero-order chi connectivity index (χ0) is 24.2. The number of hydrogen-bond acceptors (Lipinski definition) is 4. The highest BCUT2D eigenvalue weighted by Crippen LogP contribution is 2.24. The van der Waals surface area contributed by atoms with Crippen molar-refractivity contribution in [2.45, 2.75) is 20.4 Å². The summed E-state index contributed by atoms with van der Waals surface area (Å²) in [5.74, 6) is -0.421. The van der Waals surface area contributed by atoms with Gasteiger partial charge in [0.25, 0.3) is 5.91 Å². The van der Waals surface area contributed by atoms with Gasteiger partial charge in [-0.1, -0.05) is 47.5 Å². The number of hydrogen-bond donors (Lipinski definition) is 1. The second-order valence-electron chi connectivity index (χ2n) is 7.57. The molecule has 3 aromatic rings. The van der Waals surface area contributed by atoms with Crippen molar-refractivity contribution in [1.82, 2.24) is 5.43 Å². The largest absolute Gasteiger partial charge is 0.271 e. The summed E-state index contributed by atoms with van der Waals surface area (Å²) in [6, 6.07) is 17.2. The molecule has 0 aliphatic carbocycles. The lowest BCUT2D eigenvalue weighted by Crippen LogP contribution is -2.29. The maximum Gasteiger partial charge on any atom is 0.271 e. The lowest BCUT2D eigenvalue weighted by atomic mass is 10.1. The Labute approximate surface area is 203 Å². The van der Waals surface area contributed by atoms with Gasteiger partial charge in [0.1, 0.15) is 0 Å². The molecule has 0 bridgehead atoms. The molecule has 172 valence electrons. The van der Waals surface area contributed by atoms with Gasteiger partial charge in [0.05, 0.1) is 34.7 Å². The van der Waals surface area contributed by atoms with Crippen LogP contribution in [0.4, 0.5) is 5.69 Å². The molecule has 0 aliphatic rings. The fourth-order valence-corrected chi connectivity index (χ4v) is 4.44. The Morgan fingerprint density at radius 2 is 1.64 bits per heavy atom. The van der Waals surface area contributed by atoms with Gasteiger partial charge in [-0.05, 0) is 66.9 Å². The second kappa shape index (κ2) is 10.4. The topological polar surface area (TPSA) is 78.8 Å². The van der Waals surface area contributed by atoms with Crippen LogP contribution in [0.1, 0.15) is 32.6 Å². The Bertz CT molecular complexity index is 1290. The lowest BCUT2D eigenvalue weighted by molar-refractivity contribution is 0.0955. The molecule has 33 heavy (non-hydrogen) atoms. The van der Waals surface area contributed by atoms with Gasteiger partial charge in [-0.3, -0.25) is 9.10 Å². The Morgan fingerprint density at radius 1 is 1.00 bits per heavy atom. The van der Waals surface area contributed by atoms with E-state index in [0.717, 1.165) is 16.7 Å². The third kappa shape index (κ3) is 6.35. The summed E-state index contributed by atoms with van der Waals surface area (Å²) in [6.07, 6.45) is 2.55. The molecule has 0 atom stereocenters. The van der Waals surface area contributed by atoms with E-state index in [1.54, 1.807) is 48.5 Å². The minimum Gasteiger partial charge on any atom is -0.267 e. The highest BCUT2D eigenvalue weighted by atomic mass is 35.5. The van der Waals surface area contributed by atoms with E-state index < -0.39 is 15.9 Å². The first kappa shape index (κ1) is 24.8. The van der Waals surface area contributed by atoms with Crippen molar-refractivity contribution in [3.05, 3.63) is 98.5 Å². The predicted octanol–water partition coefficient (Wildman–Crippen LogP) is 5.34. The number of benzene rings is 3. The van der Waals surface area contributed by atoms with Gasteiger partial charge in [0.15, 0.2) is 0 Å². The smallest absolute Gasteiger partial charge is 0.267 e. The molecule has 0 fully saturated rings. The van der Waals surface area contributed by atoms with E-state index in [4.69, 9.17) is 23.2 Å². The van der Waals surface area contributed by atoms with E-state index in [1.165, 1.54) is 16.8 Å². The van der Waals surface area contributed by atoms with Gasteiger partial charge in [0.2, 0.25) is 10.0 Å². The summed E-state index contributed by atoms with van der Waals surface area (Å²) < 4.78 is 26.2. The third-order valence-electron chi connectivity index (χ3n) is 5.08. The van der Waals surface area contributed by atoms with Gasteiger partial charge < -0.3 is 0 Å². The molecule has 1 N–H and O–H groups in total. The minimum atomic E-state index is -3.50. The summed E-state index contributed by atoms with van der Waals surface area (Å²) in [5, 5.41) is 4.76. The van der Waals surface area contributed by atoms with E-state index in [9.17, 15) is 13.2 Å². The Hall–Kier alpha value is -2.87. The first-order chi connectivity index (χ1) is 15.6. The van der Waals surface area contributed by atoms with Crippen LogP contribution in [0, 0.1) is 13.8 Å². The van der Waals surface area contributed by atoms with E-state index in [2.05, 4.69) is 10.5 Å². The molecular weight excluding hydrogens is 481 g/mol. The molecule has 1 amide bonds.